The van der Waals surface area contributed by atoms with Gasteiger partial charge < -0.3 is 5.11 Å². The molecule has 0 spiro atoms. The smallest absolute Gasteiger partial charge is 0.384 e. The van der Waals surface area contributed by atoms with Crippen molar-refractivity contribution in [1.82, 2.24) is 0 Å². The molecule has 0 fully saturated rings. The van der Waals surface area contributed by atoms with Crippen LogP contribution in [0.3, 0.4) is 0 Å². The van der Waals surface area contributed by atoms with Crippen molar-refractivity contribution in [3.63, 3.8) is 0 Å². The molecule has 0 aliphatic carbocycles. The van der Waals surface area contributed by atoms with Gasteiger partial charge in [-0.05, 0) is 76.5 Å². The van der Waals surface area contributed by atoms with Gasteiger partial charge in [-0.2, -0.15) is 13.2 Å². The van der Waals surface area contributed by atoms with Gasteiger partial charge in [-0.25, -0.2) is 0 Å². The first kappa shape index (κ1) is 16.6. The fourth-order valence-electron chi connectivity index (χ4n) is 2.05. The summed E-state index contributed by atoms with van der Waals surface area (Å²) >= 11 is 7.96. The number of hydrogen-bond donors (Lipinski definition) is 1. The molecule has 1 atom stereocenters. The lowest BCUT2D eigenvalue weighted by Gasteiger charge is -2.17. The van der Waals surface area contributed by atoms with Crippen LogP contribution in [0.25, 0.3) is 0 Å². The molecule has 0 heterocycles. The van der Waals surface area contributed by atoms with Crippen molar-refractivity contribution in [3.8, 4) is 0 Å². The highest BCUT2D eigenvalue weighted by atomic mass is 127. The summed E-state index contributed by atoms with van der Waals surface area (Å²) in [4.78, 5) is 0. The Hall–Kier alpha value is -0.790. The number of rotatable bonds is 2. The van der Waals surface area contributed by atoms with Gasteiger partial charge in [-0.3, -0.25) is 0 Å². The molecule has 0 saturated heterocycles. The van der Waals surface area contributed by atoms with Gasteiger partial charge in [0, 0.05) is 8.59 Å². The zero-order chi connectivity index (χ0) is 15.8. The number of aliphatic hydroxyl groups is 1. The summed E-state index contributed by atoms with van der Waals surface area (Å²) in [5.41, 5.74) is 0.666. The van der Waals surface area contributed by atoms with E-state index in [4.69, 9.17) is 11.6 Å². The second-order valence-corrected chi connectivity index (χ2v) is 6.24. The Morgan fingerprint density at radius 1 is 1.10 bits per heavy atom. The Balaban J connectivity index is 2.44. The first-order valence-electron chi connectivity index (χ1n) is 6.01. The highest BCUT2D eigenvalue weighted by molar-refractivity contribution is 14.1. The number of alkyl halides is 3. The Labute approximate surface area is 138 Å². The van der Waals surface area contributed by atoms with Crippen LogP contribution >= 0.6 is 34.2 Å². The summed E-state index contributed by atoms with van der Waals surface area (Å²) < 4.78 is 38.8. The minimum absolute atomic E-state index is 0.383. The molecule has 0 aliphatic rings. The minimum atomic E-state index is -4.39. The Morgan fingerprint density at radius 3 is 2.33 bits per heavy atom. The molecule has 0 saturated carbocycles. The number of hydrogen-bond acceptors (Lipinski definition) is 1. The largest absolute Gasteiger partial charge is 0.416 e. The molecule has 0 aliphatic heterocycles. The second kappa shape index (κ2) is 6.14. The van der Waals surface area contributed by atoms with E-state index in [1.54, 1.807) is 25.1 Å². The van der Waals surface area contributed by atoms with Gasteiger partial charge in [-0.1, -0.05) is 17.7 Å². The topological polar surface area (TPSA) is 20.2 Å². The first-order valence-corrected chi connectivity index (χ1v) is 7.46. The molecule has 0 radical (unpaired) electrons. The van der Waals surface area contributed by atoms with Gasteiger partial charge in [0.15, 0.2) is 0 Å². The minimum Gasteiger partial charge on any atom is -0.384 e. The van der Waals surface area contributed by atoms with E-state index >= 15 is 0 Å². The molecule has 112 valence electrons. The van der Waals surface area contributed by atoms with Gasteiger partial charge >= 0.3 is 6.18 Å². The third-order valence-corrected chi connectivity index (χ3v) is 4.36. The van der Waals surface area contributed by atoms with Crippen molar-refractivity contribution >= 4 is 34.2 Å². The van der Waals surface area contributed by atoms with Crippen molar-refractivity contribution in [2.24, 2.45) is 0 Å². The molecule has 2 aromatic carbocycles. The normalized spacial score (nSPS) is 13.3. The van der Waals surface area contributed by atoms with Crippen molar-refractivity contribution in [3.05, 3.63) is 67.2 Å². The monoisotopic (exact) mass is 426 g/mol. The lowest BCUT2D eigenvalue weighted by atomic mass is 9.96. The van der Waals surface area contributed by atoms with Crippen LogP contribution in [0.15, 0.2) is 36.4 Å². The van der Waals surface area contributed by atoms with Gasteiger partial charge in [0.25, 0.3) is 0 Å². The van der Waals surface area contributed by atoms with Crippen molar-refractivity contribution < 1.29 is 18.3 Å². The fraction of sp³-hybridized carbons (Fsp3) is 0.200. The molecule has 21 heavy (non-hydrogen) atoms. The van der Waals surface area contributed by atoms with Crippen LogP contribution in [0.2, 0.25) is 5.02 Å². The van der Waals surface area contributed by atoms with Crippen LogP contribution in [0.4, 0.5) is 13.2 Å². The van der Waals surface area contributed by atoms with Crippen LogP contribution < -0.4 is 0 Å². The van der Waals surface area contributed by atoms with E-state index in [0.29, 0.717) is 21.7 Å². The second-order valence-electron chi connectivity index (χ2n) is 4.64. The summed E-state index contributed by atoms with van der Waals surface area (Å²) in [5, 5.41) is 10.9. The number of benzene rings is 2. The summed E-state index contributed by atoms with van der Waals surface area (Å²) in [7, 11) is 0. The maximum atomic E-state index is 12.7. The van der Waals surface area contributed by atoms with Crippen LogP contribution in [0.1, 0.15) is 28.4 Å². The first-order chi connectivity index (χ1) is 9.70. The maximum Gasteiger partial charge on any atom is 0.416 e. The fourth-order valence-corrected chi connectivity index (χ4v) is 2.86. The summed E-state index contributed by atoms with van der Waals surface area (Å²) in [6.45, 7) is 1.55. The number of aryl methyl sites for hydroxylation is 1. The van der Waals surface area contributed by atoms with Gasteiger partial charge in [0.1, 0.15) is 6.10 Å². The molecule has 1 N–H and O–H groups in total. The zero-order valence-electron chi connectivity index (χ0n) is 10.9. The third kappa shape index (κ3) is 3.70. The maximum absolute atomic E-state index is 12.7. The lowest BCUT2D eigenvalue weighted by molar-refractivity contribution is -0.137. The van der Waals surface area contributed by atoms with E-state index in [-0.39, 0.29) is 0 Å². The van der Waals surface area contributed by atoms with E-state index < -0.39 is 17.8 Å². The van der Waals surface area contributed by atoms with Crippen LogP contribution in [-0.4, -0.2) is 5.11 Å². The zero-order valence-corrected chi connectivity index (χ0v) is 13.8. The van der Waals surface area contributed by atoms with E-state index in [1.807, 2.05) is 0 Å². The predicted octanol–water partition coefficient (Wildman–Crippen LogP) is 5.35. The van der Waals surface area contributed by atoms with Crippen molar-refractivity contribution in [2.45, 2.75) is 19.2 Å². The predicted molar refractivity (Wildman–Crippen MR) is 84.4 cm³/mol. The molecular formula is C15H11ClF3IO. The van der Waals surface area contributed by atoms with Gasteiger partial charge in [0.2, 0.25) is 0 Å². The standard InChI is InChI=1S/C15H11ClF3IO/c1-8-6-9(15(17,18)19)2-4-11(8)14(21)12-7-10(16)3-5-13(12)20/h2-7,14,21H,1H3. The highest BCUT2D eigenvalue weighted by Crippen LogP contribution is 2.34. The molecule has 0 aromatic heterocycles. The molecule has 2 aromatic rings. The average Bonchev–Trinajstić information content (AvgIpc) is 2.39. The molecule has 2 rings (SSSR count). The SMILES string of the molecule is Cc1cc(C(F)(F)F)ccc1C(O)c1cc(Cl)ccc1I. The molecular weight excluding hydrogens is 416 g/mol. The highest BCUT2D eigenvalue weighted by Gasteiger charge is 2.31. The van der Waals surface area contributed by atoms with Crippen molar-refractivity contribution in [1.29, 1.82) is 0 Å². The van der Waals surface area contributed by atoms with Crippen LogP contribution in [-0.2, 0) is 6.18 Å². The summed E-state index contributed by atoms with van der Waals surface area (Å²) in [6, 6.07) is 8.38. The lowest BCUT2D eigenvalue weighted by Crippen LogP contribution is -2.08. The van der Waals surface area contributed by atoms with E-state index in [0.717, 1.165) is 15.7 Å². The van der Waals surface area contributed by atoms with Gasteiger partial charge in [-0.15, -0.1) is 0 Å². The Kier molecular flexibility index (Phi) is 4.85. The van der Waals surface area contributed by atoms with Crippen LogP contribution in [0.5, 0.6) is 0 Å². The molecule has 0 bridgehead atoms. The van der Waals surface area contributed by atoms with E-state index in [2.05, 4.69) is 22.6 Å². The van der Waals surface area contributed by atoms with E-state index in [9.17, 15) is 18.3 Å². The molecule has 1 nitrogen and oxygen atoms in total. The Morgan fingerprint density at radius 2 is 1.76 bits per heavy atom. The molecule has 1 unspecified atom stereocenters. The average molecular weight is 427 g/mol. The summed E-state index contributed by atoms with van der Waals surface area (Å²) in [6.07, 6.45) is -5.41. The third-order valence-electron chi connectivity index (χ3n) is 3.14. The molecule has 0 amide bonds. The van der Waals surface area contributed by atoms with E-state index in [1.165, 1.54) is 6.07 Å². The number of aliphatic hydroxyl groups excluding tert-OH is 1. The number of halogens is 5. The van der Waals surface area contributed by atoms with Crippen molar-refractivity contribution in [2.75, 3.05) is 0 Å². The molecule has 6 heteroatoms. The quantitative estimate of drug-likeness (QED) is 0.642. The van der Waals surface area contributed by atoms with Crippen LogP contribution in [0, 0.1) is 10.5 Å². The Bertz CT molecular complexity index is 670. The summed E-state index contributed by atoms with van der Waals surface area (Å²) in [5.74, 6) is 0. The van der Waals surface area contributed by atoms with Gasteiger partial charge in [0.05, 0.1) is 5.56 Å².